The maximum atomic E-state index is 14.4. The summed E-state index contributed by atoms with van der Waals surface area (Å²) in [7, 11) is 0. The summed E-state index contributed by atoms with van der Waals surface area (Å²) in [6, 6.07) is 18.6. The quantitative estimate of drug-likeness (QED) is 0.239. The maximum absolute atomic E-state index is 14.4. The summed E-state index contributed by atoms with van der Waals surface area (Å²) in [4.78, 5) is 44.8. The van der Waals surface area contributed by atoms with Gasteiger partial charge in [0.2, 0.25) is 5.91 Å². The van der Waals surface area contributed by atoms with Crippen LogP contribution in [0.4, 0.5) is 5.82 Å². The number of fused-ring (bicyclic) bond motifs is 1. The highest BCUT2D eigenvalue weighted by molar-refractivity contribution is 6.04. The summed E-state index contributed by atoms with van der Waals surface area (Å²) in [5.41, 5.74) is 4.09. The number of benzene rings is 2. The van der Waals surface area contributed by atoms with Crippen LogP contribution in [0, 0.1) is 0 Å². The molecule has 1 saturated heterocycles. The lowest BCUT2D eigenvalue weighted by molar-refractivity contribution is -0.121. The van der Waals surface area contributed by atoms with E-state index in [2.05, 4.69) is 27.2 Å². The van der Waals surface area contributed by atoms with Crippen molar-refractivity contribution in [2.75, 3.05) is 44.3 Å². The van der Waals surface area contributed by atoms with Gasteiger partial charge in [0.1, 0.15) is 17.6 Å². The Hall–Kier alpha value is -5.07. The fourth-order valence-corrected chi connectivity index (χ4v) is 6.54. The van der Waals surface area contributed by atoms with Crippen molar-refractivity contribution in [3.63, 3.8) is 0 Å². The molecule has 12 heteroatoms. The fraction of sp³-hybridized carbons (Fsp3) is 0.361. The van der Waals surface area contributed by atoms with Crippen molar-refractivity contribution >= 4 is 23.5 Å². The van der Waals surface area contributed by atoms with Gasteiger partial charge in [0.05, 0.1) is 31.1 Å². The van der Waals surface area contributed by atoms with Crippen LogP contribution in [0.3, 0.4) is 0 Å². The zero-order valence-electron chi connectivity index (χ0n) is 27.0. The average Bonchev–Trinajstić information content (AvgIpc) is 3.68. The summed E-state index contributed by atoms with van der Waals surface area (Å²) < 4.78 is 9.01. The molecule has 2 aromatic carbocycles. The number of nitrogens with one attached hydrogen (secondary N) is 2. The smallest absolute Gasteiger partial charge is 0.272 e. The van der Waals surface area contributed by atoms with E-state index in [4.69, 9.17) is 9.84 Å². The number of hydrogen-bond acceptors (Lipinski definition) is 7. The molecule has 1 aliphatic carbocycles. The van der Waals surface area contributed by atoms with E-state index >= 15 is 0 Å². The Bertz CT molecular complexity index is 1820. The minimum atomic E-state index is -0.914. The van der Waals surface area contributed by atoms with Crippen molar-refractivity contribution in [2.45, 2.75) is 44.3 Å². The van der Waals surface area contributed by atoms with Crippen molar-refractivity contribution in [3.8, 4) is 5.69 Å². The van der Waals surface area contributed by atoms with Gasteiger partial charge in [0, 0.05) is 56.0 Å². The number of hydrogen-bond donors (Lipinski definition) is 2. The third-order valence-corrected chi connectivity index (χ3v) is 9.20. The van der Waals surface area contributed by atoms with E-state index in [1.807, 2.05) is 72.4 Å². The Labute approximate surface area is 279 Å². The first-order chi connectivity index (χ1) is 23.4. The number of morpholine rings is 1. The molecule has 48 heavy (non-hydrogen) atoms. The third-order valence-electron chi connectivity index (χ3n) is 9.20. The highest BCUT2D eigenvalue weighted by atomic mass is 16.5. The van der Waals surface area contributed by atoms with Gasteiger partial charge in [0.25, 0.3) is 11.8 Å². The second-order valence-electron chi connectivity index (χ2n) is 12.5. The lowest BCUT2D eigenvalue weighted by Gasteiger charge is -2.38. The summed E-state index contributed by atoms with van der Waals surface area (Å²) in [6.45, 7) is 9.93. The number of anilines is 1. The number of para-hydroxylation sites is 1. The predicted octanol–water partition coefficient (Wildman–Crippen LogP) is 3.21. The first-order valence-electron chi connectivity index (χ1n) is 16.6. The first-order valence-corrected chi connectivity index (χ1v) is 16.6. The lowest BCUT2D eigenvalue weighted by atomic mass is 9.82. The Morgan fingerprint density at radius 1 is 1.04 bits per heavy atom. The van der Waals surface area contributed by atoms with E-state index < -0.39 is 17.9 Å². The average molecular weight is 649 g/mol. The highest BCUT2D eigenvalue weighted by Crippen LogP contribution is 2.41. The summed E-state index contributed by atoms with van der Waals surface area (Å²) in [5.74, 6) is -0.731. The third kappa shape index (κ3) is 6.41. The summed E-state index contributed by atoms with van der Waals surface area (Å²) in [5, 5.41) is 15.3. The van der Waals surface area contributed by atoms with E-state index in [1.165, 1.54) is 0 Å². The van der Waals surface area contributed by atoms with E-state index in [9.17, 15) is 14.4 Å². The SMILES string of the molecule is C=C(CN1CCOCC1)C(=O)NCc1cccc([C@@H]2c3cnn(-c4ccccc4)c3N(CC)C(=O)[C@H]2NC(=O)c2ccn(C3CC3)n2)c1. The molecule has 1 saturated carbocycles. The molecule has 2 N–H and O–H groups in total. The van der Waals surface area contributed by atoms with Crippen LogP contribution in [0.1, 0.15) is 58.9 Å². The number of likely N-dealkylation sites (N-methyl/N-ethyl adjacent to an activating group) is 1. The van der Waals surface area contributed by atoms with Crippen molar-refractivity contribution in [1.82, 2.24) is 35.1 Å². The Morgan fingerprint density at radius 2 is 1.83 bits per heavy atom. The molecule has 2 atom stereocenters. The van der Waals surface area contributed by atoms with Gasteiger partial charge in [-0.3, -0.25) is 28.9 Å². The Balaban J connectivity index is 1.19. The molecule has 0 bridgehead atoms. The molecule has 0 unspecified atom stereocenters. The minimum Gasteiger partial charge on any atom is -0.379 e. The molecule has 0 radical (unpaired) electrons. The number of ether oxygens (including phenoxy) is 1. The van der Waals surface area contributed by atoms with Gasteiger partial charge >= 0.3 is 0 Å². The minimum absolute atomic E-state index is 0.208. The van der Waals surface area contributed by atoms with E-state index in [1.54, 1.807) is 21.8 Å². The Kier molecular flexibility index (Phi) is 8.92. The Morgan fingerprint density at radius 3 is 2.58 bits per heavy atom. The molecule has 2 fully saturated rings. The molecule has 3 aliphatic rings. The fourth-order valence-electron chi connectivity index (χ4n) is 6.54. The number of rotatable bonds is 11. The van der Waals surface area contributed by atoms with Gasteiger partial charge in [-0.1, -0.05) is 49.0 Å². The molecule has 4 aromatic rings. The molecule has 3 amide bonds. The highest BCUT2D eigenvalue weighted by Gasteiger charge is 2.44. The number of carbonyl (C=O) groups excluding carboxylic acids is 3. The standard InChI is InChI=1S/C36H40N8O4/c1-3-42-35-29(22-38-44(35)28-10-5-4-6-11-28)31(32(36(42)47)39-34(46)30-14-15-43(40-30)27-12-13-27)26-9-7-8-25(20-26)21-37-33(45)24(2)23-41-16-18-48-19-17-41/h4-11,14-15,20,22,27,31-32H,2-3,12-13,16-19,21,23H2,1H3,(H,37,45)(H,39,46)/t31-,32+/m1/s1. The normalized spacial score (nSPS) is 19.5. The van der Waals surface area contributed by atoms with Crippen molar-refractivity contribution in [2.24, 2.45) is 0 Å². The molecular formula is C36H40N8O4. The van der Waals surface area contributed by atoms with Crippen molar-refractivity contribution in [3.05, 3.63) is 108 Å². The molecular weight excluding hydrogens is 608 g/mol. The number of amides is 3. The second kappa shape index (κ2) is 13.6. The molecule has 2 aromatic heterocycles. The van der Waals surface area contributed by atoms with Gasteiger partial charge in [-0.2, -0.15) is 10.2 Å². The van der Waals surface area contributed by atoms with Crippen LogP contribution in [0.25, 0.3) is 5.69 Å². The monoisotopic (exact) mass is 648 g/mol. The van der Waals surface area contributed by atoms with Crippen LogP contribution in [0.2, 0.25) is 0 Å². The second-order valence-corrected chi connectivity index (χ2v) is 12.5. The van der Waals surface area contributed by atoms with Crippen LogP contribution in [0.15, 0.2) is 85.2 Å². The van der Waals surface area contributed by atoms with Gasteiger partial charge in [-0.15, -0.1) is 0 Å². The van der Waals surface area contributed by atoms with Crippen LogP contribution in [0.5, 0.6) is 0 Å². The van der Waals surface area contributed by atoms with Crippen LogP contribution in [-0.4, -0.2) is 87.6 Å². The van der Waals surface area contributed by atoms with E-state index in [0.29, 0.717) is 43.7 Å². The van der Waals surface area contributed by atoms with Gasteiger partial charge < -0.3 is 15.4 Å². The first kappa shape index (κ1) is 31.5. The van der Waals surface area contributed by atoms with Crippen molar-refractivity contribution in [1.29, 1.82) is 0 Å². The molecule has 7 rings (SSSR count). The van der Waals surface area contributed by atoms with Crippen LogP contribution >= 0.6 is 0 Å². The summed E-state index contributed by atoms with van der Waals surface area (Å²) in [6.07, 6.45) is 5.70. The van der Waals surface area contributed by atoms with Crippen molar-refractivity contribution < 1.29 is 19.1 Å². The molecule has 0 spiro atoms. The zero-order valence-corrected chi connectivity index (χ0v) is 27.0. The number of aromatic nitrogens is 4. The van der Waals surface area contributed by atoms with Crippen LogP contribution in [-0.2, 0) is 20.9 Å². The van der Waals surface area contributed by atoms with Gasteiger partial charge in [-0.05, 0) is 49.1 Å². The predicted molar refractivity (Wildman–Crippen MR) is 180 cm³/mol. The molecule has 248 valence electrons. The van der Waals surface area contributed by atoms with Gasteiger partial charge in [-0.25, -0.2) is 4.68 Å². The lowest BCUT2D eigenvalue weighted by Crippen LogP contribution is -2.55. The van der Waals surface area contributed by atoms with Crippen LogP contribution < -0.4 is 15.5 Å². The molecule has 12 nitrogen and oxygen atoms in total. The largest absolute Gasteiger partial charge is 0.379 e. The maximum Gasteiger partial charge on any atom is 0.272 e. The summed E-state index contributed by atoms with van der Waals surface area (Å²) >= 11 is 0. The van der Waals surface area contributed by atoms with Gasteiger partial charge in [0.15, 0.2) is 0 Å². The number of nitrogens with zero attached hydrogens (tertiary/aromatic N) is 6. The zero-order chi connectivity index (χ0) is 33.2. The topological polar surface area (TPSA) is 127 Å². The number of carbonyl (C=O) groups is 3. The molecule has 2 aliphatic heterocycles. The molecule has 4 heterocycles. The van der Waals surface area contributed by atoms with E-state index in [0.717, 1.165) is 48.3 Å². The van der Waals surface area contributed by atoms with E-state index in [-0.39, 0.29) is 24.1 Å².